The van der Waals surface area contributed by atoms with Gasteiger partial charge in [-0.3, -0.25) is 5.10 Å². The molecular weight excluding hydrogens is 294 g/mol. The van der Waals surface area contributed by atoms with E-state index in [1.165, 1.54) is 0 Å². The number of aromatic amines is 1. The Morgan fingerprint density at radius 2 is 2.22 bits per heavy atom. The van der Waals surface area contributed by atoms with Crippen LogP contribution in [0.15, 0.2) is 34.2 Å². The van der Waals surface area contributed by atoms with E-state index in [4.69, 9.17) is 9.15 Å². The molecule has 0 fully saturated rings. The van der Waals surface area contributed by atoms with Gasteiger partial charge in [-0.05, 0) is 26.3 Å². The first kappa shape index (κ1) is 15.4. The van der Waals surface area contributed by atoms with Crippen molar-refractivity contribution in [2.75, 3.05) is 11.9 Å². The Morgan fingerprint density at radius 3 is 2.87 bits per heavy atom. The molecule has 2 aromatic rings. The quantitative estimate of drug-likeness (QED) is 0.826. The summed E-state index contributed by atoms with van der Waals surface area (Å²) in [5.74, 6) is 1.10. The van der Waals surface area contributed by atoms with E-state index in [2.05, 4.69) is 22.4 Å². The molecule has 1 aliphatic heterocycles. The fourth-order valence-corrected chi connectivity index (χ4v) is 3.08. The molecule has 2 aromatic heterocycles. The molecular formula is C17H21N3O3. The molecule has 0 aliphatic carbocycles. The van der Waals surface area contributed by atoms with Crippen molar-refractivity contribution < 1.29 is 13.9 Å². The molecule has 0 saturated heterocycles. The standard InChI is InChI=1S/C17H21N3O3/c1-4-6-13-15(17(21)22-5-2)14(11-7-8-23-10(11)3)12-9-18-20-16(12)19-13/h7-9,14H,4-6H2,1-3H3,(H2,18,19,20). The van der Waals surface area contributed by atoms with E-state index >= 15 is 0 Å². The first-order chi connectivity index (χ1) is 11.2. The van der Waals surface area contributed by atoms with Crippen LogP contribution in [0.5, 0.6) is 0 Å². The number of hydrogen-bond donors (Lipinski definition) is 2. The van der Waals surface area contributed by atoms with Gasteiger partial charge in [0.1, 0.15) is 11.6 Å². The summed E-state index contributed by atoms with van der Waals surface area (Å²) in [5.41, 5.74) is 3.42. The number of allylic oxidation sites excluding steroid dienone is 1. The van der Waals surface area contributed by atoms with Crippen molar-refractivity contribution in [3.63, 3.8) is 0 Å². The lowest BCUT2D eigenvalue weighted by molar-refractivity contribution is -0.138. The van der Waals surface area contributed by atoms with Crippen LogP contribution in [0.2, 0.25) is 0 Å². The number of fused-ring (bicyclic) bond motifs is 1. The number of nitrogens with zero attached hydrogens (tertiary/aromatic N) is 1. The van der Waals surface area contributed by atoms with Crippen LogP contribution in [0, 0.1) is 6.92 Å². The summed E-state index contributed by atoms with van der Waals surface area (Å²) in [6, 6.07) is 1.91. The Morgan fingerprint density at radius 1 is 1.39 bits per heavy atom. The van der Waals surface area contributed by atoms with Crippen molar-refractivity contribution in [2.45, 2.75) is 39.5 Å². The number of anilines is 1. The molecule has 23 heavy (non-hydrogen) atoms. The number of ether oxygens (including phenoxy) is 1. The third-order valence-electron chi connectivity index (χ3n) is 4.07. The molecule has 2 N–H and O–H groups in total. The summed E-state index contributed by atoms with van der Waals surface area (Å²) in [5, 5.41) is 10.4. The zero-order valence-electron chi connectivity index (χ0n) is 13.6. The van der Waals surface area contributed by atoms with Crippen LogP contribution in [0.3, 0.4) is 0 Å². The van der Waals surface area contributed by atoms with Gasteiger partial charge < -0.3 is 14.5 Å². The van der Waals surface area contributed by atoms with Crippen LogP contribution in [0.1, 0.15) is 49.5 Å². The first-order valence-corrected chi connectivity index (χ1v) is 7.91. The van der Waals surface area contributed by atoms with Crippen LogP contribution in [-0.2, 0) is 9.53 Å². The van der Waals surface area contributed by atoms with Gasteiger partial charge in [0.25, 0.3) is 0 Å². The SMILES string of the molecule is CCCC1=C(C(=O)OCC)C(c2ccoc2C)c2cn[nH]c2N1. The topological polar surface area (TPSA) is 80.2 Å². The molecule has 1 unspecified atom stereocenters. The van der Waals surface area contributed by atoms with E-state index in [0.717, 1.165) is 41.2 Å². The van der Waals surface area contributed by atoms with Crippen LogP contribution in [-0.4, -0.2) is 22.8 Å². The summed E-state index contributed by atoms with van der Waals surface area (Å²) in [6.45, 7) is 6.14. The molecule has 6 nitrogen and oxygen atoms in total. The molecule has 0 radical (unpaired) electrons. The number of hydrogen-bond acceptors (Lipinski definition) is 5. The summed E-state index contributed by atoms with van der Waals surface area (Å²) in [6.07, 6.45) is 5.09. The molecule has 3 rings (SSSR count). The predicted molar refractivity (Wildman–Crippen MR) is 86.1 cm³/mol. The van der Waals surface area contributed by atoms with Crippen molar-refractivity contribution in [1.82, 2.24) is 10.2 Å². The minimum absolute atomic E-state index is 0.232. The minimum Gasteiger partial charge on any atom is -0.469 e. The second-order valence-electron chi connectivity index (χ2n) is 5.55. The van der Waals surface area contributed by atoms with Crippen LogP contribution in [0.25, 0.3) is 0 Å². The summed E-state index contributed by atoms with van der Waals surface area (Å²) in [4.78, 5) is 12.7. The number of H-pyrrole nitrogens is 1. The Bertz CT molecular complexity index is 742. The maximum Gasteiger partial charge on any atom is 0.336 e. The van der Waals surface area contributed by atoms with Crippen molar-refractivity contribution >= 4 is 11.8 Å². The molecule has 1 aliphatic rings. The summed E-state index contributed by atoms with van der Waals surface area (Å²) >= 11 is 0. The van der Waals surface area contributed by atoms with Crippen LogP contribution >= 0.6 is 0 Å². The van der Waals surface area contributed by atoms with Crippen molar-refractivity contribution in [2.24, 2.45) is 0 Å². The average molecular weight is 315 g/mol. The van der Waals surface area contributed by atoms with Gasteiger partial charge in [-0.1, -0.05) is 13.3 Å². The van der Waals surface area contributed by atoms with E-state index in [1.807, 2.05) is 19.9 Å². The van der Waals surface area contributed by atoms with Gasteiger partial charge in [0.05, 0.1) is 30.6 Å². The number of aryl methyl sites for hydroxylation is 1. The molecule has 0 bridgehead atoms. The lowest BCUT2D eigenvalue weighted by atomic mass is 9.82. The number of esters is 1. The lowest BCUT2D eigenvalue weighted by Gasteiger charge is -2.28. The third kappa shape index (κ3) is 2.65. The smallest absolute Gasteiger partial charge is 0.336 e. The van der Waals surface area contributed by atoms with Gasteiger partial charge in [-0.25, -0.2) is 4.79 Å². The highest BCUT2D eigenvalue weighted by atomic mass is 16.5. The predicted octanol–water partition coefficient (Wildman–Crippen LogP) is 3.49. The maximum absolute atomic E-state index is 12.7. The highest BCUT2D eigenvalue weighted by molar-refractivity contribution is 5.94. The zero-order valence-corrected chi connectivity index (χ0v) is 13.6. The van der Waals surface area contributed by atoms with Crippen molar-refractivity contribution in [3.8, 4) is 0 Å². The Kier molecular flexibility index (Phi) is 4.23. The molecule has 122 valence electrons. The largest absolute Gasteiger partial charge is 0.469 e. The van der Waals surface area contributed by atoms with Crippen LogP contribution in [0.4, 0.5) is 5.82 Å². The molecule has 0 spiro atoms. The Hall–Kier alpha value is -2.50. The molecule has 6 heteroatoms. The maximum atomic E-state index is 12.7. The van der Waals surface area contributed by atoms with Gasteiger partial charge in [0.2, 0.25) is 0 Å². The number of rotatable bonds is 5. The molecule has 0 aromatic carbocycles. The van der Waals surface area contributed by atoms with Crippen molar-refractivity contribution in [3.05, 3.63) is 46.7 Å². The van der Waals surface area contributed by atoms with Gasteiger partial charge in [0.15, 0.2) is 0 Å². The van der Waals surface area contributed by atoms with Gasteiger partial charge >= 0.3 is 5.97 Å². The van der Waals surface area contributed by atoms with Gasteiger partial charge in [-0.15, -0.1) is 0 Å². The van der Waals surface area contributed by atoms with Gasteiger partial charge in [-0.2, -0.15) is 5.10 Å². The average Bonchev–Trinajstić information content (AvgIpc) is 3.15. The second kappa shape index (κ2) is 6.32. The molecule has 3 heterocycles. The lowest BCUT2D eigenvalue weighted by Crippen LogP contribution is -2.25. The second-order valence-corrected chi connectivity index (χ2v) is 5.55. The third-order valence-corrected chi connectivity index (χ3v) is 4.07. The molecule has 0 amide bonds. The van der Waals surface area contributed by atoms with E-state index < -0.39 is 0 Å². The Labute approximate surface area is 134 Å². The number of nitrogens with one attached hydrogen (secondary N) is 2. The fourth-order valence-electron chi connectivity index (χ4n) is 3.08. The van der Waals surface area contributed by atoms with Crippen molar-refractivity contribution in [1.29, 1.82) is 0 Å². The van der Waals surface area contributed by atoms with Crippen LogP contribution < -0.4 is 5.32 Å². The van der Waals surface area contributed by atoms with E-state index in [0.29, 0.717) is 12.2 Å². The minimum atomic E-state index is -0.291. The highest BCUT2D eigenvalue weighted by Crippen LogP contribution is 2.43. The van der Waals surface area contributed by atoms with E-state index in [9.17, 15) is 4.79 Å². The first-order valence-electron chi connectivity index (χ1n) is 7.91. The molecule has 1 atom stereocenters. The number of aromatic nitrogens is 2. The zero-order chi connectivity index (χ0) is 16.4. The van der Waals surface area contributed by atoms with E-state index in [1.54, 1.807) is 12.5 Å². The van der Waals surface area contributed by atoms with Gasteiger partial charge in [0, 0.05) is 16.8 Å². The number of furan rings is 1. The van der Waals surface area contributed by atoms with E-state index in [-0.39, 0.29) is 11.9 Å². The monoisotopic (exact) mass is 315 g/mol. The molecule has 0 saturated carbocycles. The highest BCUT2D eigenvalue weighted by Gasteiger charge is 2.36. The normalized spacial score (nSPS) is 16.9. The Balaban J connectivity index is 2.17. The fraction of sp³-hybridized carbons (Fsp3) is 0.412. The number of carbonyl (C=O) groups excluding carboxylic acids is 1. The number of carbonyl (C=O) groups is 1. The summed E-state index contributed by atoms with van der Waals surface area (Å²) in [7, 11) is 0. The summed E-state index contributed by atoms with van der Waals surface area (Å²) < 4.78 is 10.8.